The van der Waals surface area contributed by atoms with E-state index in [0.29, 0.717) is 5.56 Å². The number of nitrogens with one attached hydrogen (secondary N) is 1. The molecular weight excluding hydrogens is 316 g/mol. The standard InChI is InChI=1S/C19H20N4O2/c1-15-3-2-4-16(11-15)14-21-7-9-22(10-8-21)19-6-5-18(23(24)25)12-17(19)13-20/h2-6,11-12H,7-10,14H2,1H3/p+1. The monoisotopic (exact) mass is 337 g/mol. The van der Waals surface area contributed by atoms with Crippen molar-refractivity contribution in [3.05, 3.63) is 69.3 Å². The van der Waals surface area contributed by atoms with Crippen molar-refractivity contribution < 1.29 is 9.82 Å². The third kappa shape index (κ3) is 3.95. The first-order chi connectivity index (χ1) is 12.1. The highest BCUT2D eigenvalue weighted by Crippen LogP contribution is 2.24. The fourth-order valence-corrected chi connectivity index (χ4v) is 3.35. The maximum atomic E-state index is 10.9. The summed E-state index contributed by atoms with van der Waals surface area (Å²) < 4.78 is 0. The zero-order valence-corrected chi connectivity index (χ0v) is 14.2. The number of rotatable bonds is 4. The second-order valence-electron chi connectivity index (χ2n) is 6.47. The summed E-state index contributed by atoms with van der Waals surface area (Å²) >= 11 is 0. The number of hydrogen-bond donors (Lipinski definition) is 1. The van der Waals surface area contributed by atoms with Gasteiger partial charge in [-0.2, -0.15) is 5.26 Å². The summed E-state index contributed by atoms with van der Waals surface area (Å²) in [5.41, 5.74) is 3.75. The van der Waals surface area contributed by atoms with E-state index in [4.69, 9.17) is 0 Å². The van der Waals surface area contributed by atoms with Gasteiger partial charge >= 0.3 is 0 Å². The Morgan fingerprint density at radius 2 is 2.00 bits per heavy atom. The molecule has 1 saturated heterocycles. The molecule has 2 aromatic carbocycles. The van der Waals surface area contributed by atoms with Crippen LogP contribution in [-0.4, -0.2) is 31.1 Å². The Morgan fingerprint density at radius 1 is 1.24 bits per heavy atom. The van der Waals surface area contributed by atoms with Gasteiger partial charge in [0.15, 0.2) is 0 Å². The van der Waals surface area contributed by atoms with Crippen LogP contribution in [0.15, 0.2) is 42.5 Å². The fourth-order valence-electron chi connectivity index (χ4n) is 3.35. The van der Waals surface area contributed by atoms with E-state index in [1.807, 2.05) is 0 Å². The third-order valence-corrected chi connectivity index (χ3v) is 4.66. The second-order valence-corrected chi connectivity index (χ2v) is 6.47. The number of non-ortho nitro benzene ring substituents is 1. The first-order valence-corrected chi connectivity index (χ1v) is 8.39. The summed E-state index contributed by atoms with van der Waals surface area (Å²) in [6.07, 6.45) is 0. The van der Waals surface area contributed by atoms with Crippen molar-refractivity contribution in [2.75, 3.05) is 31.1 Å². The molecule has 0 aromatic heterocycles. The van der Waals surface area contributed by atoms with Crippen molar-refractivity contribution in [2.45, 2.75) is 13.5 Å². The molecule has 0 aliphatic carbocycles. The van der Waals surface area contributed by atoms with Crippen LogP contribution >= 0.6 is 0 Å². The molecule has 6 nitrogen and oxygen atoms in total. The Bertz CT molecular complexity index is 820. The molecule has 0 saturated carbocycles. The summed E-state index contributed by atoms with van der Waals surface area (Å²) in [6.45, 7) is 6.75. The lowest BCUT2D eigenvalue weighted by atomic mass is 10.1. The molecule has 1 aliphatic rings. The van der Waals surface area contributed by atoms with Crippen LogP contribution < -0.4 is 9.80 Å². The third-order valence-electron chi connectivity index (χ3n) is 4.66. The molecule has 1 aliphatic heterocycles. The largest absolute Gasteiger partial charge is 0.359 e. The van der Waals surface area contributed by atoms with E-state index in [-0.39, 0.29) is 5.69 Å². The van der Waals surface area contributed by atoms with Crippen LogP contribution in [0.25, 0.3) is 0 Å². The second kappa shape index (κ2) is 7.32. The molecular formula is C19H21N4O2+. The van der Waals surface area contributed by atoms with E-state index in [9.17, 15) is 15.4 Å². The SMILES string of the molecule is Cc1cccc(C[NH+]2CCN(c3ccc([N+](=O)[O-])cc3C#N)CC2)c1. The van der Waals surface area contributed by atoms with Gasteiger partial charge in [0, 0.05) is 17.7 Å². The van der Waals surface area contributed by atoms with Crippen molar-refractivity contribution in [3.63, 3.8) is 0 Å². The van der Waals surface area contributed by atoms with Gasteiger partial charge in [-0.05, 0) is 13.0 Å². The highest BCUT2D eigenvalue weighted by Gasteiger charge is 2.23. The molecule has 2 aromatic rings. The van der Waals surface area contributed by atoms with Crippen LogP contribution in [0.1, 0.15) is 16.7 Å². The number of nitrogens with zero attached hydrogens (tertiary/aromatic N) is 3. The fraction of sp³-hybridized carbons (Fsp3) is 0.316. The van der Waals surface area contributed by atoms with Crippen LogP contribution in [0.3, 0.4) is 0 Å². The van der Waals surface area contributed by atoms with E-state index in [1.165, 1.54) is 28.2 Å². The first kappa shape index (κ1) is 16.9. The number of quaternary nitrogens is 1. The lowest BCUT2D eigenvalue weighted by Crippen LogP contribution is -3.13. The van der Waals surface area contributed by atoms with Crippen molar-refractivity contribution >= 4 is 11.4 Å². The predicted molar refractivity (Wildman–Crippen MR) is 95.6 cm³/mol. The number of nitriles is 1. The number of aryl methyl sites for hydroxylation is 1. The highest BCUT2D eigenvalue weighted by molar-refractivity contribution is 5.63. The number of benzene rings is 2. The van der Waals surface area contributed by atoms with Gasteiger partial charge in [0.25, 0.3) is 5.69 Å². The molecule has 1 fully saturated rings. The lowest BCUT2D eigenvalue weighted by Gasteiger charge is -2.34. The molecule has 0 radical (unpaired) electrons. The van der Waals surface area contributed by atoms with E-state index < -0.39 is 4.92 Å². The summed E-state index contributed by atoms with van der Waals surface area (Å²) in [5.74, 6) is 0. The number of anilines is 1. The average Bonchev–Trinajstić information content (AvgIpc) is 2.62. The van der Waals surface area contributed by atoms with Crippen molar-refractivity contribution in [2.24, 2.45) is 0 Å². The molecule has 0 amide bonds. The molecule has 1 N–H and O–H groups in total. The first-order valence-electron chi connectivity index (χ1n) is 8.39. The average molecular weight is 337 g/mol. The Labute approximate surface area is 147 Å². The minimum atomic E-state index is -0.464. The molecule has 3 rings (SSSR count). The number of nitro benzene ring substituents is 1. The summed E-state index contributed by atoms with van der Waals surface area (Å²) in [6, 6.07) is 15.2. The normalized spacial score (nSPS) is 15.0. The smallest absolute Gasteiger partial charge is 0.270 e. The Balaban J connectivity index is 1.66. The van der Waals surface area contributed by atoms with Gasteiger partial charge < -0.3 is 9.80 Å². The van der Waals surface area contributed by atoms with Gasteiger partial charge in [-0.15, -0.1) is 0 Å². The predicted octanol–water partition coefficient (Wildman–Crippen LogP) is 1.68. The van der Waals surface area contributed by atoms with Gasteiger partial charge in [0.2, 0.25) is 0 Å². The quantitative estimate of drug-likeness (QED) is 0.680. The van der Waals surface area contributed by atoms with Crippen LogP contribution in [0.2, 0.25) is 0 Å². The van der Waals surface area contributed by atoms with Gasteiger partial charge in [-0.3, -0.25) is 10.1 Å². The van der Waals surface area contributed by atoms with Crippen molar-refractivity contribution in [3.8, 4) is 6.07 Å². The van der Waals surface area contributed by atoms with Crippen molar-refractivity contribution in [1.82, 2.24) is 0 Å². The maximum Gasteiger partial charge on any atom is 0.270 e. The molecule has 0 unspecified atom stereocenters. The Kier molecular flexibility index (Phi) is 4.96. The molecule has 25 heavy (non-hydrogen) atoms. The van der Waals surface area contributed by atoms with E-state index in [2.05, 4.69) is 42.2 Å². The molecule has 1 heterocycles. The maximum absolute atomic E-state index is 10.9. The van der Waals surface area contributed by atoms with Gasteiger partial charge in [0.05, 0.1) is 42.4 Å². The van der Waals surface area contributed by atoms with E-state index in [1.54, 1.807) is 6.07 Å². The highest BCUT2D eigenvalue weighted by atomic mass is 16.6. The summed E-state index contributed by atoms with van der Waals surface area (Å²) in [5, 5.41) is 20.2. The van der Waals surface area contributed by atoms with Crippen molar-refractivity contribution in [1.29, 1.82) is 5.26 Å². The molecule has 0 bridgehead atoms. The van der Waals surface area contributed by atoms with Crippen LogP contribution in [-0.2, 0) is 6.54 Å². The molecule has 128 valence electrons. The zero-order valence-electron chi connectivity index (χ0n) is 14.2. The van der Waals surface area contributed by atoms with E-state index >= 15 is 0 Å². The van der Waals surface area contributed by atoms with E-state index in [0.717, 1.165) is 38.4 Å². The number of piperazine rings is 1. The minimum absolute atomic E-state index is 0.0380. The van der Waals surface area contributed by atoms with Gasteiger partial charge in [0.1, 0.15) is 12.6 Å². The number of nitro groups is 1. The van der Waals surface area contributed by atoms with Crippen LogP contribution in [0.4, 0.5) is 11.4 Å². The van der Waals surface area contributed by atoms with Crippen LogP contribution in [0.5, 0.6) is 0 Å². The molecule has 0 atom stereocenters. The van der Waals surface area contributed by atoms with Gasteiger partial charge in [-0.1, -0.05) is 29.8 Å². The Hall–Kier alpha value is -2.91. The summed E-state index contributed by atoms with van der Waals surface area (Å²) in [4.78, 5) is 14.1. The zero-order chi connectivity index (χ0) is 17.8. The molecule has 0 spiro atoms. The minimum Gasteiger partial charge on any atom is -0.359 e. The number of hydrogen-bond acceptors (Lipinski definition) is 4. The topological polar surface area (TPSA) is 74.6 Å². The van der Waals surface area contributed by atoms with Crippen LogP contribution in [0, 0.1) is 28.4 Å². The lowest BCUT2D eigenvalue weighted by molar-refractivity contribution is -0.914. The van der Waals surface area contributed by atoms with Gasteiger partial charge in [-0.25, -0.2) is 0 Å². The summed E-state index contributed by atoms with van der Waals surface area (Å²) in [7, 11) is 0. The molecule has 6 heteroatoms. The Morgan fingerprint density at radius 3 is 2.64 bits per heavy atom.